The molecule has 2 aromatic rings. The standard InChI is InChI=1S/C35H48O6/c1-23(2)33(36)40-17-13-11-15-38-31-27(7)19-25(5)21-29(31)35(9,10)30-22-26(6)20-28(8)32(30)39-16-12-14-18-41-34(37)24(3)4/h19-22H,1,3,11-18H2,2,4-10H3. The minimum absolute atomic E-state index is 0.347. The van der Waals surface area contributed by atoms with E-state index < -0.39 is 5.41 Å². The number of esters is 2. The molecular weight excluding hydrogens is 516 g/mol. The Morgan fingerprint density at radius 2 is 0.976 bits per heavy atom. The molecule has 0 aliphatic heterocycles. The Balaban J connectivity index is 2.21. The van der Waals surface area contributed by atoms with E-state index in [1.165, 1.54) is 11.1 Å². The molecule has 0 aliphatic rings. The molecular formula is C35H48O6. The zero-order valence-electron chi connectivity index (χ0n) is 26.3. The zero-order chi connectivity index (χ0) is 30.7. The average Bonchev–Trinajstić information content (AvgIpc) is 2.88. The zero-order valence-corrected chi connectivity index (χ0v) is 26.3. The van der Waals surface area contributed by atoms with Gasteiger partial charge in [-0.05, 0) is 78.4 Å². The van der Waals surface area contributed by atoms with Crippen molar-refractivity contribution in [2.75, 3.05) is 26.4 Å². The molecule has 224 valence electrons. The van der Waals surface area contributed by atoms with Crippen molar-refractivity contribution in [3.05, 3.63) is 82.0 Å². The molecule has 0 aromatic heterocycles. The van der Waals surface area contributed by atoms with Gasteiger partial charge in [0.2, 0.25) is 0 Å². The van der Waals surface area contributed by atoms with Gasteiger partial charge in [0.05, 0.1) is 26.4 Å². The Bertz CT molecular complexity index is 1160. The third-order valence-corrected chi connectivity index (χ3v) is 6.92. The molecule has 6 nitrogen and oxygen atoms in total. The summed E-state index contributed by atoms with van der Waals surface area (Å²) in [6.07, 6.45) is 2.95. The molecule has 0 atom stereocenters. The highest BCUT2D eigenvalue weighted by Gasteiger charge is 2.32. The first-order valence-corrected chi connectivity index (χ1v) is 14.4. The van der Waals surface area contributed by atoms with E-state index in [1.807, 2.05) is 0 Å². The second kappa shape index (κ2) is 15.5. The van der Waals surface area contributed by atoms with E-state index >= 15 is 0 Å². The molecule has 2 rings (SSSR count). The van der Waals surface area contributed by atoms with Crippen molar-refractivity contribution in [2.24, 2.45) is 0 Å². The van der Waals surface area contributed by atoms with E-state index in [4.69, 9.17) is 18.9 Å². The summed E-state index contributed by atoms with van der Waals surface area (Å²) < 4.78 is 23.2. The summed E-state index contributed by atoms with van der Waals surface area (Å²) in [5, 5.41) is 0. The number of carbonyl (C=O) groups excluding carboxylic acids is 2. The smallest absolute Gasteiger partial charge is 0.333 e. The van der Waals surface area contributed by atoms with Crippen LogP contribution < -0.4 is 9.47 Å². The lowest BCUT2D eigenvalue weighted by molar-refractivity contribution is -0.139. The van der Waals surface area contributed by atoms with E-state index in [2.05, 4.69) is 79.0 Å². The fourth-order valence-electron chi connectivity index (χ4n) is 4.70. The van der Waals surface area contributed by atoms with Crippen LogP contribution in [-0.4, -0.2) is 38.4 Å². The molecule has 0 fully saturated rings. The minimum atomic E-state index is -0.410. The molecule has 0 radical (unpaired) electrons. The van der Waals surface area contributed by atoms with Crippen LogP contribution in [0, 0.1) is 27.7 Å². The van der Waals surface area contributed by atoms with Crippen LogP contribution in [0.4, 0.5) is 0 Å². The second-order valence-corrected chi connectivity index (χ2v) is 11.5. The summed E-state index contributed by atoms with van der Waals surface area (Å²) in [6.45, 7) is 25.0. The third kappa shape index (κ3) is 9.80. The van der Waals surface area contributed by atoms with Crippen LogP contribution in [0.5, 0.6) is 11.5 Å². The van der Waals surface area contributed by atoms with Gasteiger partial charge in [-0.25, -0.2) is 9.59 Å². The largest absolute Gasteiger partial charge is 0.493 e. The van der Waals surface area contributed by atoms with Crippen molar-refractivity contribution in [3.8, 4) is 11.5 Å². The normalized spacial score (nSPS) is 11.1. The lowest BCUT2D eigenvalue weighted by atomic mass is 9.75. The Morgan fingerprint density at radius 1 is 0.634 bits per heavy atom. The minimum Gasteiger partial charge on any atom is -0.493 e. The molecule has 6 heteroatoms. The molecule has 0 heterocycles. The van der Waals surface area contributed by atoms with Gasteiger partial charge in [-0.1, -0.05) is 62.4 Å². The maximum atomic E-state index is 11.6. The predicted octanol–water partition coefficient (Wildman–Crippen LogP) is 7.80. The van der Waals surface area contributed by atoms with Gasteiger partial charge < -0.3 is 18.9 Å². The van der Waals surface area contributed by atoms with Crippen molar-refractivity contribution in [3.63, 3.8) is 0 Å². The van der Waals surface area contributed by atoms with Crippen LogP contribution in [0.2, 0.25) is 0 Å². The number of hydrogen-bond acceptors (Lipinski definition) is 6. The summed E-state index contributed by atoms with van der Waals surface area (Å²) in [7, 11) is 0. The number of benzene rings is 2. The summed E-state index contributed by atoms with van der Waals surface area (Å²) >= 11 is 0. The molecule has 2 aromatic carbocycles. The van der Waals surface area contributed by atoms with E-state index in [9.17, 15) is 9.59 Å². The Hall–Kier alpha value is -3.54. The molecule has 0 N–H and O–H groups in total. The summed E-state index contributed by atoms with van der Waals surface area (Å²) in [5.41, 5.74) is 7.10. The number of unbranched alkanes of at least 4 members (excludes halogenated alkanes) is 2. The van der Waals surface area contributed by atoms with Crippen LogP contribution in [0.25, 0.3) is 0 Å². The third-order valence-electron chi connectivity index (χ3n) is 6.92. The number of rotatable bonds is 16. The molecule has 0 unspecified atom stereocenters. The van der Waals surface area contributed by atoms with Gasteiger partial charge in [0.25, 0.3) is 0 Å². The first kappa shape index (κ1) is 33.7. The SMILES string of the molecule is C=C(C)C(=O)OCCCCOc1c(C)cc(C)cc1C(C)(C)c1cc(C)cc(C)c1OCCCCOC(=O)C(=C)C. The monoisotopic (exact) mass is 564 g/mol. The highest BCUT2D eigenvalue weighted by atomic mass is 16.5. The van der Waals surface area contributed by atoms with Crippen LogP contribution in [0.3, 0.4) is 0 Å². The summed E-state index contributed by atoms with van der Waals surface area (Å²) in [6, 6.07) is 8.69. The highest BCUT2D eigenvalue weighted by molar-refractivity contribution is 5.87. The maximum absolute atomic E-state index is 11.6. The lowest BCUT2D eigenvalue weighted by Crippen LogP contribution is -2.23. The van der Waals surface area contributed by atoms with E-state index in [0.717, 1.165) is 46.6 Å². The number of ether oxygens (including phenoxy) is 4. The fourth-order valence-corrected chi connectivity index (χ4v) is 4.70. The summed E-state index contributed by atoms with van der Waals surface area (Å²) in [5.74, 6) is 1.04. The van der Waals surface area contributed by atoms with Crippen molar-refractivity contribution in [1.82, 2.24) is 0 Å². The van der Waals surface area contributed by atoms with E-state index in [0.29, 0.717) is 50.4 Å². The Kier molecular flexibility index (Phi) is 12.7. The van der Waals surface area contributed by atoms with Crippen LogP contribution in [-0.2, 0) is 24.5 Å². The highest BCUT2D eigenvalue weighted by Crippen LogP contribution is 2.44. The quantitative estimate of drug-likeness (QED) is 0.118. The molecule has 0 bridgehead atoms. The van der Waals surface area contributed by atoms with Gasteiger partial charge in [-0.3, -0.25) is 0 Å². The van der Waals surface area contributed by atoms with Crippen LogP contribution >= 0.6 is 0 Å². The van der Waals surface area contributed by atoms with Gasteiger partial charge in [0.15, 0.2) is 0 Å². The van der Waals surface area contributed by atoms with E-state index in [1.54, 1.807) is 13.8 Å². The number of hydrogen-bond donors (Lipinski definition) is 0. The van der Waals surface area contributed by atoms with Crippen molar-refractivity contribution >= 4 is 11.9 Å². The Morgan fingerprint density at radius 3 is 1.32 bits per heavy atom. The fraction of sp³-hybridized carbons (Fsp3) is 0.486. The predicted molar refractivity (Wildman–Crippen MR) is 165 cm³/mol. The van der Waals surface area contributed by atoms with Gasteiger partial charge in [0.1, 0.15) is 11.5 Å². The molecule has 0 saturated carbocycles. The first-order chi connectivity index (χ1) is 19.2. The second-order valence-electron chi connectivity index (χ2n) is 11.5. The van der Waals surface area contributed by atoms with Gasteiger partial charge in [-0.15, -0.1) is 0 Å². The topological polar surface area (TPSA) is 71.1 Å². The molecule has 41 heavy (non-hydrogen) atoms. The maximum Gasteiger partial charge on any atom is 0.333 e. The van der Waals surface area contributed by atoms with Gasteiger partial charge >= 0.3 is 11.9 Å². The first-order valence-electron chi connectivity index (χ1n) is 14.4. The average molecular weight is 565 g/mol. The molecule has 0 spiro atoms. The van der Waals surface area contributed by atoms with Crippen molar-refractivity contribution in [2.45, 2.75) is 86.5 Å². The van der Waals surface area contributed by atoms with Gasteiger partial charge in [-0.2, -0.15) is 0 Å². The van der Waals surface area contributed by atoms with Crippen molar-refractivity contribution < 1.29 is 28.5 Å². The lowest BCUT2D eigenvalue weighted by Gasteiger charge is -2.32. The number of carbonyl (C=O) groups is 2. The van der Waals surface area contributed by atoms with Gasteiger partial charge in [0, 0.05) is 27.7 Å². The molecule has 0 aliphatic carbocycles. The Labute approximate surface area is 246 Å². The molecule has 0 saturated heterocycles. The molecule has 0 amide bonds. The van der Waals surface area contributed by atoms with E-state index in [-0.39, 0.29) is 11.9 Å². The van der Waals surface area contributed by atoms with Crippen LogP contribution in [0.1, 0.15) is 86.8 Å². The van der Waals surface area contributed by atoms with Crippen LogP contribution in [0.15, 0.2) is 48.6 Å². The number of aryl methyl sites for hydroxylation is 4. The van der Waals surface area contributed by atoms with Crippen molar-refractivity contribution in [1.29, 1.82) is 0 Å². The summed E-state index contributed by atoms with van der Waals surface area (Å²) in [4.78, 5) is 23.2.